The Morgan fingerprint density at radius 1 is 0.500 bits per heavy atom. The Kier molecular flexibility index (Phi) is 9.11. The van der Waals surface area contributed by atoms with Gasteiger partial charge in [-0.2, -0.15) is 5.26 Å². The van der Waals surface area contributed by atoms with E-state index in [1.807, 2.05) is 73.1 Å². The van der Waals surface area contributed by atoms with Crippen LogP contribution in [-0.4, -0.2) is 29.1 Å². The van der Waals surface area contributed by atoms with E-state index in [2.05, 4.69) is 82.4 Å². The van der Waals surface area contributed by atoms with Crippen LogP contribution in [0.25, 0.3) is 82.6 Å². The Hall–Kier alpha value is -9.12. The first-order valence-electron chi connectivity index (χ1n) is 20.6. The van der Waals surface area contributed by atoms with E-state index in [9.17, 15) is 5.26 Å². The zero-order valence-corrected chi connectivity index (χ0v) is 34.6. The number of aromatic nitrogens is 6. The predicted molar refractivity (Wildman–Crippen MR) is 251 cm³/mol. The SMILES string of the molecule is [C-]#[N+]c1ccc(Oc2ccc3c4ccccc4n(-c4cc(C)ccn4)c3c2)cc1-c1cnc(-c2cc(Oc3ccc4c5ccccc5n(-c5cc(C)ccn5)c4c3)ccc2C#N)cn1. The molecule has 0 fully saturated rings. The van der Waals surface area contributed by atoms with Gasteiger partial charge in [-0.05, 0) is 116 Å². The number of fused-ring (bicyclic) bond motifs is 6. The fourth-order valence-electron chi connectivity index (χ4n) is 8.46. The van der Waals surface area contributed by atoms with Gasteiger partial charge in [0.15, 0.2) is 5.69 Å². The number of hydrogen-bond acceptors (Lipinski definition) is 7. The maximum absolute atomic E-state index is 10.1. The summed E-state index contributed by atoms with van der Waals surface area (Å²) in [5.41, 5.74) is 9.16. The van der Waals surface area contributed by atoms with Crippen LogP contribution in [0, 0.1) is 31.8 Å². The van der Waals surface area contributed by atoms with Crippen molar-refractivity contribution in [3.63, 3.8) is 0 Å². The molecule has 302 valence electrons. The second kappa shape index (κ2) is 15.4. The standard InChI is InChI=1S/C54H34N8O2/c1-33-20-22-57-53(24-33)61-49-10-6-4-8-40(49)42-17-14-38(28-51(42)61)63-36-13-12-35(30-55)44(26-36)47-31-60-48(32-59-47)45-27-37(16-19-46(45)56-3)64-39-15-18-43-41-9-5-7-11-50(41)62(52(43)29-39)54-25-34(2)21-23-58-54/h4-29,31-32H,1-2H3. The van der Waals surface area contributed by atoms with E-state index in [0.29, 0.717) is 56.8 Å². The molecule has 0 radical (unpaired) electrons. The molecule has 0 amide bonds. The number of nitrogens with zero attached hydrogens (tertiary/aromatic N) is 8. The highest BCUT2D eigenvalue weighted by Crippen LogP contribution is 2.39. The zero-order chi connectivity index (χ0) is 43.3. The predicted octanol–water partition coefficient (Wildman–Crippen LogP) is 13.4. The minimum absolute atomic E-state index is 0.401. The average Bonchev–Trinajstić information content (AvgIpc) is 3.83. The van der Waals surface area contributed by atoms with Gasteiger partial charge in [0.05, 0.1) is 64.1 Å². The first kappa shape index (κ1) is 37.8. The van der Waals surface area contributed by atoms with Gasteiger partial charge in [-0.25, -0.2) is 14.8 Å². The fourth-order valence-corrected chi connectivity index (χ4v) is 8.46. The summed E-state index contributed by atoms with van der Waals surface area (Å²) < 4.78 is 17.3. The molecule has 0 aliphatic carbocycles. The number of pyridine rings is 2. The van der Waals surface area contributed by atoms with E-state index in [1.54, 1.807) is 48.8 Å². The molecule has 5 heterocycles. The molecule has 0 atom stereocenters. The van der Waals surface area contributed by atoms with Crippen molar-refractivity contribution in [3.8, 4) is 63.2 Å². The van der Waals surface area contributed by atoms with Gasteiger partial charge in [0, 0.05) is 57.2 Å². The molecule has 6 aromatic carbocycles. The highest BCUT2D eigenvalue weighted by molar-refractivity contribution is 6.10. The van der Waals surface area contributed by atoms with Gasteiger partial charge in [-0.3, -0.25) is 19.1 Å². The number of ether oxygens (including phenoxy) is 2. The summed E-state index contributed by atoms with van der Waals surface area (Å²) in [5.74, 6) is 3.97. The lowest BCUT2D eigenvalue weighted by atomic mass is 10.0. The Morgan fingerprint density at radius 2 is 0.969 bits per heavy atom. The lowest BCUT2D eigenvalue weighted by Crippen LogP contribution is -1.97. The first-order valence-corrected chi connectivity index (χ1v) is 20.6. The smallest absolute Gasteiger partial charge is 0.196 e. The van der Waals surface area contributed by atoms with E-state index in [0.717, 1.165) is 66.4 Å². The van der Waals surface area contributed by atoms with Gasteiger partial charge in [0.25, 0.3) is 0 Å². The van der Waals surface area contributed by atoms with E-state index < -0.39 is 0 Å². The summed E-state index contributed by atoms with van der Waals surface area (Å²) in [6.45, 7) is 12.1. The molecule has 0 spiro atoms. The van der Waals surface area contributed by atoms with Crippen molar-refractivity contribution >= 4 is 49.3 Å². The average molecular weight is 827 g/mol. The molecule has 10 heteroatoms. The molecule has 5 aromatic heterocycles. The van der Waals surface area contributed by atoms with E-state index >= 15 is 0 Å². The number of benzene rings is 6. The molecule has 11 rings (SSSR count). The topological polar surface area (TPSA) is 108 Å². The van der Waals surface area contributed by atoms with Crippen LogP contribution < -0.4 is 9.47 Å². The van der Waals surface area contributed by atoms with Gasteiger partial charge in [0.1, 0.15) is 34.6 Å². The second-order valence-corrected chi connectivity index (χ2v) is 15.5. The van der Waals surface area contributed by atoms with E-state index in [-0.39, 0.29) is 0 Å². The van der Waals surface area contributed by atoms with Crippen LogP contribution >= 0.6 is 0 Å². The number of nitriles is 1. The van der Waals surface area contributed by atoms with Crippen LogP contribution in [0.4, 0.5) is 5.69 Å². The van der Waals surface area contributed by atoms with Crippen molar-refractivity contribution in [1.29, 1.82) is 5.26 Å². The van der Waals surface area contributed by atoms with Crippen molar-refractivity contribution in [3.05, 3.63) is 198 Å². The second-order valence-electron chi connectivity index (χ2n) is 15.5. The minimum Gasteiger partial charge on any atom is -0.457 e. The molecular weight excluding hydrogens is 793 g/mol. The lowest BCUT2D eigenvalue weighted by molar-refractivity contribution is 0.483. The monoisotopic (exact) mass is 826 g/mol. The molecule has 11 aromatic rings. The van der Waals surface area contributed by atoms with Crippen LogP contribution in [0.5, 0.6) is 23.0 Å². The Morgan fingerprint density at radius 3 is 1.48 bits per heavy atom. The van der Waals surface area contributed by atoms with Crippen LogP contribution in [-0.2, 0) is 0 Å². The molecule has 10 nitrogen and oxygen atoms in total. The molecule has 0 bridgehead atoms. The van der Waals surface area contributed by atoms with Gasteiger partial charge >= 0.3 is 0 Å². The Bertz CT molecular complexity index is 3500. The number of aryl methyl sites for hydroxylation is 2. The Balaban J connectivity index is 0.898. The molecule has 0 N–H and O–H groups in total. The van der Waals surface area contributed by atoms with Crippen molar-refractivity contribution in [2.24, 2.45) is 0 Å². The molecule has 0 saturated heterocycles. The largest absolute Gasteiger partial charge is 0.457 e. The number of para-hydroxylation sites is 2. The summed E-state index contributed by atoms with van der Waals surface area (Å²) in [6.07, 6.45) is 6.87. The molecule has 0 saturated carbocycles. The van der Waals surface area contributed by atoms with Crippen LogP contribution in [0.15, 0.2) is 170 Å². The van der Waals surface area contributed by atoms with Crippen LogP contribution in [0.2, 0.25) is 0 Å². The number of rotatable bonds is 8. The third-order valence-electron chi connectivity index (χ3n) is 11.4. The van der Waals surface area contributed by atoms with Crippen molar-refractivity contribution in [1.82, 2.24) is 29.1 Å². The van der Waals surface area contributed by atoms with Crippen molar-refractivity contribution < 1.29 is 9.47 Å². The van der Waals surface area contributed by atoms with Crippen LogP contribution in [0.3, 0.4) is 0 Å². The molecule has 0 aliphatic rings. The summed E-state index contributed by atoms with van der Waals surface area (Å²) in [6, 6.07) is 49.6. The Labute approximate surface area is 367 Å². The first-order chi connectivity index (χ1) is 31.4. The van der Waals surface area contributed by atoms with Gasteiger partial charge < -0.3 is 9.47 Å². The molecule has 0 unspecified atom stereocenters. The summed E-state index contributed by atoms with van der Waals surface area (Å²) in [7, 11) is 0. The molecule has 64 heavy (non-hydrogen) atoms. The minimum atomic E-state index is 0.401. The van der Waals surface area contributed by atoms with Crippen LogP contribution in [0.1, 0.15) is 16.7 Å². The maximum atomic E-state index is 10.1. The van der Waals surface area contributed by atoms with Gasteiger partial charge in [-0.1, -0.05) is 42.5 Å². The highest BCUT2D eigenvalue weighted by Gasteiger charge is 2.18. The fraction of sp³-hybridized carbons (Fsp3) is 0.0370. The van der Waals surface area contributed by atoms with E-state index in [1.165, 1.54) is 0 Å². The van der Waals surface area contributed by atoms with Gasteiger partial charge in [0.2, 0.25) is 0 Å². The summed E-state index contributed by atoms with van der Waals surface area (Å²) in [4.78, 5) is 22.7. The lowest BCUT2D eigenvalue weighted by Gasteiger charge is -2.12. The maximum Gasteiger partial charge on any atom is 0.196 e. The third-order valence-corrected chi connectivity index (χ3v) is 11.4. The van der Waals surface area contributed by atoms with Gasteiger partial charge in [-0.15, -0.1) is 0 Å². The van der Waals surface area contributed by atoms with E-state index in [4.69, 9.17) is 36.0 Å². The quantitative estimate of drug-likeness (QED) is 0.140. The third kappa shape index (κ3) is 6.60. The summed E-state index contributed by atoms with van der Waals surface area (Å²) in [5, 5.41) is 14.5. The highest BCUT2D eigenvalue weighted by atomic mass is 16.5. The molecule has 0 aliphatic heterocycles. The zero-order valence-electron chi connectivity index (χ0n) is 34.6. The summed E-state index contributed by atoms with van der Waals surface area (Å²) >= 11 is 0. The normalized spacial score (nSPS) is 11.2. The van der Waals surface area contributed by atoms with Crippen molar-refractivity contribution in [2.45, 2.75) is 13.8 Å². The van der Waals surface area contributed by atoms with Crippen molar-refractivity contribution in [2.75, 3.05) is 0 Å². The molecular formula is C54H34N8O2. The number of hydrogen-bond donors (Lipinski definition) is 0.